The summed E-state index contributed by atoms with van der Waals surface area (Å²) >= 11 is 0. The zero-order valence-corrected chi connectivity index (χ0v) is 11.2. The monoisotopic (exact) mass is 232 g/mol. The second-order valence-corrected chi connectivity index (χ2v) is 5.13. The molecule has 1 aromatic rings. The minimum absolute atomic E-state index is 0.636. The van der Waals surface area contributed by atoms with Crippen molar-refractivity contribution in [2.45, 2.75) is 52.0 Å². The molecule has 1 fully saturated rings. The maximum Gasteiger partial charge on any atom is 0.0375 e. The molecule has 2 nitrogen and oxygen atoms in total. The first-order valence-electron chi connectivity index (χ1n) is 6.98. The average molecular weight is 232 g/mol. The zero-order valence-electron chi connectivity index (χ0n) is 11.2. The van der Waals surface area contributed by atoms with E-state index in [4.69, 9.17) is 0 Å². The predicted octanol–water partition coefficient (Wildman–Crippen LogP) is 3.72. The van der Waals surface area contributed by atoms with Crippen LogP contribution in [0.15, 0.2) is 18.3 Å². The maximum absolute atomic E-state index is 4.30. The molecule has 0 amide bonds. The molecular formula is C15H24N2. The topological polar surface area (TPSA) is 16.1 Å². The largest absolute Gasteiger partial charge is 0.296 e. The second kappa shape index (κ2) is 6.15. The van der Waals surface area contributed by atoms with Crippen LogP contribution in [0.2, 0.25) is 0 Å². The number of hydrogen-bond donors (Lipinski definition) is 0. The molecule has 1 aliphatic rings. The molecule has 0 N–H and O–H groups in total. The van der Waals surface area contributed by atoms with Gasteiger partial charge in [-0.25, -0.2) is 0 Å². The number of aromatic nitrogens is 1. The van der Waals surface area contributed by atoms with Crippen molar-refractivity contribution in [2.75, 3.05) is 13.1 Å². The van der Waals surface area contributed by atoms with Gasteiger partial charge in [-0.2, -0.15) is 0 Å². The van der Waals surface area contributed by atoms with E-state index in [1.54, 1.807) is 0 Å². The summed E-state index contributed by atoms with van der Waals surface area (Å²) in [6, 6.07) is 5.09. The number of unbranched alkanes of at least 4 members (excludes halogenated alkanes) is 1. The van der Waals surface area contributed by atoms with Crippen LogP contribution in [-0.4, -0.2) is 23.0 Å². The van der Waals surface area contributed by atoms with Crippen LogP contribution < -0.4 is 0 Å². The highest BCUT2D eigenvalue weighted by atomic mass is 15.2. The first-order chi connectivity index (χ1) is 8.31. The van der Waals surface area contributed by atoms with Crippen LogP contribution in [0, 0.1) is 6.92 Å². The molecule has 1 aliphatic heterocycles. The molecule has 0 radical (unpaired) electrons. The Hall–Kier alpha value is -0.890. The third-order valence-electron chi connectivity index (χ3n) is 3.72. The Morgan fingerprint density at radius 2 is 2.29 bits per heavy atom. The van der Waals surface area contributed by atoms with Crippen molar-refractivity contribution >= 4 is 0 Å². The molecule has 0 aromatic carbocycles. The number of rotatable bonds is 4. The average Bonchev–Trinajstić information content (AvgIpc) is 2.37. The second-order valence-electron chi connectivity index (χ2n) is 5.13. The molecule has 1 atom stereocenters. The summed E-state index contributed by atoms with van der Waals surface area (Å²) < 4.78 is 0. The van der Waals surface area contributed by atoms with Gasteiger partial charge >= 0.3 is 0 Å². The van der Waals surface area contributed by atoms with E-state index in [2.05, 4.69) is 35.9 Å². The summed E-state index contributed by atoms with van der Waals surface area (Å²) in [4.78, 5) is 6.97. The third-order valence-corrected chi connectivity index (χ3v) is 3.72. The number of likely N-dealkylation sites (tertiary alicyclic amines) is 1. The van der Waals surface area contributed by atoms with Gasteiger partial charge in [0.2, 0.25) is 0 Å². The number of hydrogen-bond acceptors (Lipinski definition) is 2. The summed E-state index contributed by atoms with van der Waals surface area (Å²) in [6.07, 6.45) is 8.61. The summed E-state index contributed by atoms with van der Waals surface area (Å²) in [5.41, 5.74) is 2.61. The van der Waals surface area contributed by atoms with Crippen molar-refractivity contribution < 1.29 is 0 Å². The van der Waals surface area contributed by atoms with Crippen molar-refractivity contribution in [3.63, 3.8) is 0 Å². The van der Waals surface area contributed by atoms with Gasteiger partial charge in [0.25, 0.3) is 0 Å². The number of pyridine rings is 1. The van der Waals surface area contributed by atoms with E-state index in [0.717, 1.165) is 5.69 Å². The van der Waals surface area contributed by atoms with E-state index in [1.807, 2.05) is 6.20 Å². The minimum Gasteiger partial charge on any atom is -0.296 e. The van der Waals surface area contributed by atoms with Crippen LogP contribution in [0.5, 0.6) is 0 Å². The molecular weight excluding hydrogens is 208 g/mol. The molecule has 1 aromatic heterocycles. The van der Waals surface area contributed by atoms with E-state index in [0.29, 0.717) is 6.04 Å². The van der Waals surface area contributed by atoms with E-state index in [1.165, 1.54) is 50.8 Å². The van der Waals surface area contributed by atoms with E-state index in [9.17, 15) is 0 Å². The van der Waals surface area contributed by atoms with E-state index in [-0.39, 0.29) is 0 Å². The van der Waals surface area contributed by atoms with Gasteiger partial charge < -0.3 is 0 Å². The molecule has 2 heterocycles. The zero-order chi connectivity index (χ0) is 12.1. The first kappa shape index (κ1) is 12.6. The minimum atomic E-state index is 0.636. The van der Waals surface area contributed by atoms with Gasteiger partial charge in [0, 0.05) is 17.9 Å². The van der Waals surface area contributed by atoms with Crippen LogP contribution in [0.1, 0.15) is 56.3 Å². The van der Waals surface area contributed by atoms with Crippen LogP contribution in [0.4, 0.5) is 0 Å². The van der Waals surface area contributed by atoms with Gasteiger partial charge in [0.1, 0.15) is 0 Å². The molecule has 2 heteroatoms. The lowest BCUT2D eigenvalue weighted by Gasteiger charge is -2.36. The van der Waals surface area contributed by atoms with Crippen molar-refractivity contribution in [3.8, 4) is 0 Å². The SMILES string of the molecule is CCCCN1CCCC[C@@H]1c1ccnc(C)c1. The number of nitrogens with zero attached hydrogens (tertiary/aromatic N) is 2. The highest BCUT2D eigenvalue weighted by Gasteiger charge is 2.23. The fourth-order valence-corrected chi connectivity index (χ4v) is 2.77. The Balaban J connectivity index is 2.10. The van der Waals surface area contributed by atoms with Crippen LogP contribution in [-0.2, 0) is 0 Å². The molecule has 0 aliphatic carbocycles. The van der Waals surface area contributed by atoms with Crippen molar-refractivity contribution in [1.29, 1.82) is 0 Å². The Labute approximate surface area is 105 Å². The van der Waals surface area contributed by atoms with Gasteiger partial charge in [-0.1, -0.05) is 19.8 Å². The highest BCUT2D eigenvalue weighted by Crippen LogP contribution is 2.30. The predicted molar refractivity (Wildman–Crippen MR) is 72.0 cm³/mol. The Morgan fingerprint density at radius 3 is 3.06 bits per heavy atom. The highest BCUT2D eigenvalue weighted by molar-refractivity contribution is 5.20. The van der Waals surface area contributed by atoms with Gasteiger partial charge in [0.05, 0.1) is 0 Å². The molecule has 94 valence electrons. The van der Waals surface area contributed by atoms with E-state index < -0.39 is 0 Å². The summed E-state index contributed by atoms with van der Waals surface area (Å²) in [7, 11) is 0. The van der Waals surface area contributed by atoms with Gasteiger partial charge in [0.15, 0.2) is 0 Å². The number of piperidine rings is 1. The fourth-order valence-electron chi connectivity index (χ4n) is 2.77. The van der Waals surface area contributed by atoms with Crippen LogP contribution in [0.3, 0.4) is 0 Å². The van der Waals surface area contributed by atoms with E-state index >= 15 is 0 Å². The molecule has 0 unspecified atom stereocenters. The van der Waals surface area contributed by atoms with Gasteiger partial charge in [-0.05, 0) is 57.0 Å². The lowest BCUT2D eigenvalue weighted by Crippen LogP contribution is -2.34. The fraction of sp³-hybridized carbons (Fsp3) is 0.667. The molecule has 0 saturated carbocycles. The summed E-state index contributed by atoms with van der Waals surface area (Å²) in [5, 5.41) is 0. The summed E-state index contributed by atoms with van der Waals surface area (Å²) in [5.74, 6) is 0. The quantitative estimate of drug-likeness (QED) is 0.786. The normalized spacial score (nSPS) is 21.6. The Kier molecular flexibility index (Phi) is 4.55. The molecule has 0 bridgehead atoms. The van der Waals surface area contributed by atoms with Crippen molar-refractivity contribution in [3.05, 3.63) is 29.6 Å². The molecule has 1 saturated heterocycles. The molecule has 2 rings (SSSR count). The standard InChI is InChI=1S/C15H24N2/c1-3-4-10-17-11-6-5-7-15(17)14-8-9-16-13(2)12-14/h8-9,12,15H,3-7,10-11H2,1-2H3/t15-/m1/s1. The van der Waals surface area contributed by atoms with Crippen molar-refractivity contribution in [1.82, 2.24) is 9.88 Å². The molecule has 0 spiro atoms. The van der Waals surface area contributed by atoms with Crippen LogP contribution >= 0.6 is 0 Å². The van der Waals surface area contributed by atoms with Gasteiger partial charge in [-0.3, -0.25) is 9.88 Å². The lowest BCUT2D eigenvalue weighted by atomic mass is 9.95. The maximum atomic E-state index is 4.30. The smallest absolute Gasteiger partial charge is 0.0375 e. The Morgan fingerprint density at radius 1 is 1.41 bits per heavy atom. The van der Waals surface area contributed by atoms with Crippen molar-refractivity contribution in [2.24, 2.45) is 0 Å². The van der Waals surface area contributed by atoms with Crippen LogP contribution in [0.25, 0.3) is 0 Å². The first-order valence-corrected chi connectivity index (χ1v) is 6.98. The summed E-state index contributed by atoms with van der Waals surface area (Å²) in [6.45, 7) is 6.88. The molecule has 17 heavy (non-hydrogen) atoms. The van der Waals surface area contributed by atoms with Gasteiger partial charge in [-0.15, -0.1) is 0 Å². The lowest BCUT2D eigenvalue weighted by molar-refractivity contribution is 0.146. The Bertz CT molecular complexity index is 349. The number of aryl methyl sites for hydroxylation is 1. The third kappa shape index (κ3) is 3.29.